The van der Waals surface area contributed by atoms with Gasteiger partial charge in [-0.2, -0.15) is 13.5 Å². The standard InChI is InChI=1S/C25H28Cl2F2N2O7/c1-25(2,3)38-24(33)30-10-22(32)36-20(9-16-17(26)11-31(34)12-18(16)27)15-6-7-19(37-23(28)29)21(8-15)35-13-14-4-5-14/h6-8,11-12,14,20,23H,4-5,9-10,13H2,1-3H3,(H,30,33). The predicted molar refractivity (Wildman–Crippen MR) is 133 cm³/mol. The number of nitrogens with one attached hydrogen (secondary N) is 1. The molecule has 0 bridgehead atoms. The molecule has 1 atom stereocenters. The van der Waals surface area contributed by atoms with Gasteiger partial charge < -0.3 is 29.5 Å². The second-order valence-corrected chi connectivity index (χ2v) is 10.5. The largest absolute Gasteiger partial charge is 0.619 e. The monoisotopic (exact) mass is 576 g/mol. The zero-order valence-corrected chi connectivity index (χ0v) is 22.5. The molecule has 1 amide bonds. The molecular weight excluding hydrogens is 549 g/mol. The fraction of sp³-hybridized carbons (Fsp3) is 0.480. The van der Waals surface area contributed by atoms with Crippen molar-refractivity contribution >= 4 is 35.3 Å². The van der Waals surface area contributed by atoms with Crippen molar-refractivity contribution in [2.24, 2.45) is 5.92 Å². The third-order valence-corrected chi connectivity index (χ3v) is 5.88. The fourth-order valence-corrected chi connectivity index (χ4v) is 3.92. The number of ether oxygens (including phenoxy) is 4. The predicted octanol–water partition coefficient (Wildman–Crippen LogP) is 5.37. The molecule has 2 aromatic rings. The lowest BCUT2D eigenvalue weighted by atomic mass is 10.0. The number of alkyl carbamates (subject to hydrolysis) is 1. The molecule has 3 rings (SSSR count). The third kappa shape index (κ3) is 9.36. The minimum Gasteiger partial charge on any atom is -0.619 e. The molecule has 1 aliphatic rings. The molecule has 1 saturated carbocycles. The summed E-state index contributed by atoms with van der Waals surface area (Å²) in [6, 6.07) is 4.14. The van der Waals surface area contributed by atoms with Crippen LogP contribution in [-0.4, -0.2) is 37.4 Å². The van der Waals surface area contributed by atoms with E-state index in [-0.39, 0.29) is 28.0 Å². The molecule has 0 radical (unpaired) electrons. The van der Waals surface area contributed by atoms with Crippen LogP contribution in [0, 0.1) is 11.1 Å². The maximum Gasteiger partial charge on any atom is 0.408 e. The molecule has 9 nitrogen and oxygen atoms in total. The number of amides is 1. The van der Waals surface area contributed by atoms with Gasteiger partial charge in [-0.25, -0.2) is 4.79 Å². The number of benzene rings is 1. The SMILES string of the molecule is CC(C)(C)OC(=O)NCC(=O)OC(Cc1c(Cl)c[n+]([O-])cc1Cl)c1ccc(OC(F)F)c(OCC2CC2)c1. The summed E-state index contributed by atoms with van der Waals surface area (Å²) in [6.07, 6.45) is 2.19. The zero-order chi connectivity index (χ0) is 28.0. The van der Waals surface area contributed by atoms with Crippen LogP contribution in [0.25, 0.3) is 0 Å². The van der Waals surface area contributed by atoms with Crippen LogP contribution in [0.15, 0.2) is 30.6 Å². The topological polar surface area (TPSA) is 110 Å². The number of pyridine rings is 1. The van der Waals surface area contributed by atoms with Crippen molar-refractivity contribution in [1.82, 2.24) is 5.32 Å². The number of carbonyl (C=O) groups is 2. The van der Waals surface area contributed by atoms with Crippen LogP contribution in [-0.2, 0) is 20.7 Å². The van der Waals surface area contributed by atoms with Crippen molar-refractivity contribution < 1.29 is 42.0 Å². The molecule has 1 aromatic heterocycles. The zero-order valence-electron chi connectivity index (χ0n) is 21.0. The lowest BCUT2D eigenvalue weighted by Gasteiger charge is -2.22. The molecule has 0 aliphatic heterocycles. The average molecular weight is 577 g/mol. The molecule has 1 N–H and O–H groups in total. The van der Waals surface area contributed by atoms with E-state index in [1.807, 2.05) is 0 Å². The molecular formula is C25H28Cl2F2N2O7. The van der Waals surface area contributed by atoms with Crippen molar-refractivity contribution in [3.05, 3.63) is 57.0 Å². The van der Waals surface area contributed by atoms with E-state index in [4.69, 9.17) is 37.4 Å². The van der Waals surface area contributed by atoms with E-state index < -0.39 is 36.9 Å². The van der Waals surface area contributed by atoms with Gasteiger partial charge in [0, 0.05) is 12.0 Å². The molecule has 1 fully saturated rings. The highest BCUT2D eigenvalue weighted by molar-refractivity contribution is 6.35. The number of alkyl halides is 2. The Morgan fingerprint density at radius 2 is 1.82 bits per heavy atom. The first-order valence-corrected chi connectivity index (χ1v) is 12.5. The van der Waals surface area contributed by atoms with Crippen LogP contribution >= 0.6 is 23.2 Å². The van der Waals surface area contributed by atoms with Gasteiger partial charge in [0.05, 0.1) is 6.61 Å². The highest BCUT2D eigenvalue weighted by Gasteiger charge is 2.27. The molecule has 0 saturated heterocycles. The Balaban J connectivity index is 1.86. The molecule has 13 heteroatoms. The Bertz CT molecular complexity index is 1130. The normalized spacial score (nSPS) is 14.1. The Labute approximate surface area is 228 Å². The van der Waals surface area contributed by atoms with E-state index in [9.17, 15) is 23.6 Å². The van der Waals surface area contributed by atoms with Crippen LogP contribution in [0.4, 0.5) is 13.6 Å². The van der Waals surface area contributed by atoms with Crippen molar-refractivity contribution in [1.29, 1.82) is 0 Å². The maximum atomic E-state index is 13.0. The Morgan fingerprint density at radius 3 is 2.39 bits per heavy atom. The van der Waals surface area contributed by atoms with Crippen LogP contribution in [0.2, 0.25) is 10.0 Å². The van der Waals surface area contributed by atoms with Gasteiger partial charge >= 0.3 is 18.7 Å². The van der Waals surface area contributed by atoms with Gasteiger partial charge in [0.15, 0.2) is 23.9 Å². The summed E-state index contributed by atoms with van der Waals surface area (Å²) in [5, 5.41) is 14.0. The lowest BCUT2D eigenvalue weighted by Crippen LogP contribution is -2.36. The van der Waals surface area contributed by atoms with Gasteiger partial charge in [-0.1, -0.05) is 29.3 Å². The Kier molecular flexibility index (Phi) is 9.83. The number of rotatable bonds is 11. The quantitative estimate of drug-likeness (QED) is 0.217. The third-order valence-electron chi connectivity index (χ3n) is 5.22. The van der Waals surface area contributed by atoms with Crippen LogP contribution < -0.4 is 19.5 Å². The highest BCUT2D eigenvalue weighted by Crippen LogP contribution is 2.37. The van der Waals surface area contributed by atoms with E-state index in [1.165, 1.54) is 18.2 Å². The second kappa shape index (κ2) is 12.7. The van der Waals surface area contributed by atoms with Gasteiger partial charge in [-0.15, -0.1) is 0 Å². The molecule has 1 aliphatic carbocycles. The summed E-state index contributed by atoms with van der Waals surface area (Å²) in [4.78, 5) is 24.6. The molecule has 208 valence electrons. The average Bonchev–Trinajstić information content (AvgIpc) is 3.61. The van der Waals surface area contributed by atoms with Gasteiger partial charge in [-0.3, -0.25) is 4.79 Å². The number of halogens is 4. The van der Waals surface area contributed by atoms with E-state index in [1.54, 1.807) is 20.8 Å². The van der Waals surface area contributed by atoms with Crippen molar-refractivity contribution in [3.63, 3.8) is 0 Å². The molecule has 1 heterocycles. The number of nitrogens with zero attached hydrogens (tertiary/aromatic N) is 1. The van der Waals surface area contributed by atoms with Gasteiger partial charge in [0.1, 0.15) is 28.3 Å². The van der Waals surface area contributed by atoms with E-state index in [0.29, 0.717) is 28.4 Å². The summed E-state index contributed by atoms with van der Waals surface area (Å²) < 4.78 is 47.4. The van der Waals surface area contributed by atoms with Gasteiger partial charge in [0.2, 0.25) is 0 Å². The first-order valence-electron chi connectivity index (χ1n) is 11.8. The van der Waals surface area contributed by atoms with E-state index in [2.05, 4.69) is 10.1 Å². The minimum absolute atomic E-state index is 0.0308. The molecule has 1 aromatic carbocycles. The molecule has 0 spiro atoms. The number of carbonyl (C=O) groups excluding carboxylic acids is 2. The number of hydrogen-bond donors (Lipinski definition) is 1. The minimum atomic E-state index is -3.07. The summed E-state index contributed by atoms with van der Waals surface area (Å²) in [6.45, 7) is 1.74. The number of hydrogen-bond acceptors (Lipinski definition) is 7. The molecule has 38 heavy (non-hydrogen) atoms. The Morgan fingerprint density at radius 1 is 1.16 bits per heavy atom. The molecule has 1 unspecified atom stereocenters. The number of esters is 1. The van der Waals surface area contributed by atoms with Gasteiger partial charge in [0.25, 0.3) is 0 Å². The second-order valence-electron chi connectivity index (χ2n) is 9.67. The smallest absolute Gasteiger partial charge is 0.408 e. The van der Waals surface area contributed by atoms with Crippen molar-refractivity contribution in [3.8, 4) is 11.5 Å². The highest BCUT2D eigenvalue weighted by atomic mass is 35.5. The summed E-state index contributed by atoms with van der Waals surface area (Å²) in [5.41, 5.74) is -0.102. The van der Waals surface area contributed by atoms with Crippen LogP contribution in [0.1, 0.15) is 50.8 Å². The lowest BCUT2D eigenvalue weighted by molar-refractivity contribution is -0.605. The van der Waals surface area contributed by atoms with E-state index >= 15 is 0 Å². The first-order chi connectivity index (χ1) is 17.8. The summed E-state index contributed by atoms with van der Waals surface area (Å²) >= 11 is 12.5. The fourth-order valence-electron chi connectivity index (χ4n) is 3.32. The first kappa shape index (κ1) is 29.5. The Hall–Kier alpha value is -3.05. The van der Waals surface area contributed by atoms with Crippen molar-refractivity contribution in [2.75, 3.05) is 13.2 Å². The maximum absolute atomic E-state index is 13.0. The van der Waals surface area contributed by atoms with E-state index in [0.717, 1.165) is 25.2 Å². The number of aromatic nitrogens is 1. The van der Waals surface area contributed by atoms with Crippen LogP contribution in [0.3, 0.4) is 0 Å². The summed E-state index contributed by atoms with van der Waals surface area (Å²) in [5.74, 6) is -0.628. The summed E-state index contributed by atoms with van der Waals surface area (Å²) in [7, 11) is 0. The van der Waals surface area contributed by atoms with Crippen molar-refractivity contribution in [2.45, 2.75) is 58.4 Å². The van der Waals surface area contributed by atoms with Gasteiger partial charge in [-0.05, 0) is 57.2 Å². The van der Waals surface area contributed by atoms with Crippen LogP contribution in [0.5, 0.6) is 11.5 Å².